The largest absolute Gasteiger partial charge is 0.357 e. The second kappa shape index (κ2) is 11.1. The van der Waals surface area contributed by atoms with Crippen molar-refractivity contribution in [3.63, 3.8) is 0 Å². The van der Waals surface area contributed by atoms with E-state index in [1.807, 2.05) is 12.5 Å². The van der Waals surface area contributed by atoms with E-state index in [0.717, 1.165) is 19.0 Å². The number of aromatic nitrogens is 2. The van der Waals surface area contributed by atoms with Crippen molar-refractivity contribution < 1.29 is 0 Å². The summed E-state index contributed by atoms with van der Waals surface area (Å²) in [5.74, 6) is 1.44. The number of benzene rings is 1. The van der Waals surface area contributed by atoms with Crippen molar-refractivity contribution in [1.82, 2.24) is 20.2 Å². The lowest BCUT2D eigenvalue weighted by atomic mass is 10.1. The molecule has 2 aromatic rings. The number of imidazole rings is 1. The van der Waals surface area contributed by atoms with Crippen LogP contribution in [0.3, 0.4) is 0 Å². The predicted molar refractivity (Wildman–Crippen MR) is 115 cm³/mol. The lowest BCUT2D eigenvalue weighted by Crippen LogP contribution is -2.44. The van der Waals surface area contributed by atoms with Crippen LogP contribution in [0.2, 0.25) is 0 Å². The smallest absolute Gasteiger partial charge is 0.191 e. The number of nitrogens with zero attached hydrogens (tertiary/aromatic N) is 3. The molecular formula is C19H30IN5. The fraction of sp³-hybridized carbons (Fsp3) is 0.474. The van der Waals surface area contributed by atoms with Crippen LogP contribution in [0.4, 0.5) is 0 Å². The second-order valence-electron chi connectivity index (χ2n) is 6.42. The van der Waals surface area contributed by atoms with Crippen molar-refractivity contribution in [1.29, 1.82) is 0 Å². The highest BCUT2D eigenvalue weighted by molar-refractivity contribution is 14.0. The number of rotatable bonds is 7. The molecule has 0 bridgehead atoms. The Balaban J connectivity index is 0.00000312. The van der Waals surface area contributed by atoms with Gasteiger partial charge in [0.05, 0.1) is 12.9 Å². The molecule has 6 heteroatoms. The molecule has 0 aliphatic carbocycles. The number of hydrogen-bond donors (Lipinski definition) is 2. The molecule has 0 saturated heterocycles. The molecule has 0 aliphatic rings. The minimum atomic E-state index is 0. The van der Waals surface area contributed by atoms with Gasteiger partial charge in [0.15, 0.2) is 5.96 Å². The van der Waals surface area contributed by atoms with E-state index in [0.29, 0.717) is 18.5 Å². The van der Waals surface area contributed by atoms with Gasteiger partial charge in [0.1, 0.15) is 0 Å². The number of hydrogen-bond acceptors (Lipinski definition) is 2. The van der Waals surface area contributed by atoms with Gasteiger partial charge in [-0.2, -0.15) is 0 Å². The fourth-order valence-electron chi connectivity index (χ4n) is 2.21. The van der Waals surface area contributed by atoms with Gasteiger partial charge in [0, 0.05) is 31.5 Å². The molecule has 2 N–H and O–H groups in total. The molecule has 0 radical (unpaired) electrons. The van der Waals surface area contributed by atoms with Gasteiger partial charge in [-0.15, -0.1) is 24.0 Å². The predicted octanol–water partition coefficient (Wildman–Crippen LogP) is 3.65. The van der Waals surface area contributed by atoms with Crippen molar-refractivity contribution in [3.05, 3.63) is 54.1 Å². The molecule has 0 saturated carbocycles. The zero-order valence-corrected chi connectivity index (χ0v) is 17.9. The highest BCUT2D eigenvalue weighted by atomic mass is 127. The zero-order chi connectivity index (χ0) is 17.4. The maximum absolute atomic E-state index is 4.69. The van der Waals surface area contributed by atoms with Crippen LogP contribution in [-0.2, 0) is 13.1 Å². The summed E-state index contributed by atoms with van der Waals surface area (Å²) in [5.41, 5.74) is 2.47. The third-order valence-electron chi connectivity index (χ3n) is 4.08. The second-order valence-corrected chi connectivity index (χ2v) is 6.42. The summed E-state index contributed by atoms with van der Waals surface area (Å²) in [6.07, 6.45) is 5.61. The molecule has 0 amide bonds. The molecule has 1 unspecified atom stereocenters. The Labute approximate surface area is 168 Å². The first-order valence-electron chi connectivity index (χ1n) is 8.67. The Hall–Kier alpha value is -1.57. The van der Waals surface area contributed by atoms with Gasteiger partial charge in [0.2, 0.25) is 0 Å². The number of aliphatic imine (C=N–C) groups is 1. The van der Waals surface area contributed by atoms with Gasteiger partial charge in [0.25, 0.3) is 0 Å². The van der Waals surface area contributed by atoms with Crippen LogP contribution in [0.15, 0.2) is 48.0 Å². The first-order chi connectivity index (χ1) is 11.6. The van der Waals surface area contributed by atoms with Gasteiger partial charge in [-0.3, -0.25) is 0 Å². The number of halogens is 1. The minimum Gasteiger partial charge on any atom is -0.357 e. The highest BCUT2D eigenvalue weighted by Gasteiger charge is 2.08. The first-order valence-corrected chi connectivity index (χ1v) is 8.67. The van der Waals surface area contributed by atoms with E-state index < -0.39 is 0 Å². The third kappa shape index (κ3) is 7.46. The lowest BCUT2D eigenvalue weighted by Gasteiger charge is -2.20. The monoisotopic (exact) mass is 455 g/mol. The zero-order valence-electron chi connectivity index (χ0n) is 15.6. The van der Waals surface area contributed by atoms with Crippen molar-refractivity contribution in [2.45, 2.75) is 46.8 Å². The quantitative estimate of drug-likeness (QED) is 0.381. The molecule has 0 aliphatic heterocycles. The SMILES string of the molecule is CCNC(=NCc1ccc(Cn2ccnc2)cc1)NC(C)C(C)C.I. The minimum absolute atomic E-state index is 0. The summed E-state index contributed by atoms with van der Waals surface area (Å²) < 4.78 is 2.06. The van der Waals surface area contributed by atoms with E-state index >= 15 is 0 Å². The normalized spacial score (nSPS) is 12.6. The number of guanidine groups is 1. The van der Waals surface area contributed by atoms with Gasteiger partial charge in [-0.25, -0.2) is 9.98 Å². The van der Waals surface area contributed by atoms with Crippen LogP contribution in [-0.4, -0.2) is 28.1 Å². The molecule has 25 heavy (non-hydrogen) atoms. The summed E-state index contributed by atoms with van der Waals surface area (Å²) in [6, 6.07) is 8.99. The first kappa shape index (κ1) is 21.5. The van der Waals surface area contributed by atoms with Gasteiger partial charge in [-0.05, 0) is 30.9 Å². The molecule has 2 rings (SSSR count). The van der Waals surface area contributed by atoms with Crippen LogP contribution < -0.4 is 10.6 Å². The highest BCUT2D eigenvalue weighted by Crippen LogP contribution is 2.08. The van der Waals surface area contributed by atoms with Crippen LogP contribution in [0.1, 0.15) is 38.8 Å². The molecule has 138 valence electrons. The molecule has 1 aromatic heterocycles. The van der Waals surface area contributed by atoms with Gasteiger partial charge >= 0.3 is 0 Å². The van der Waals surface area contributed by atoms with Gasteiger partial charge < -0.3 is 15.2 Å². The van der Waals surface area contributed by atoms with Crippen LogP contribution in [0, 0.1) is 5.92 Å². The lowest BCUT2D eigenvalue weighted by molar-refractivity contribution is 0.481. The topological polar surface area (TPSA) is 54.2 Å². The molecular weight excluding hydrogens is 425 g/mol. The van der Waals surface area contributed by atoms with Crippen molar-refractivity contribution in [2.75, 3.05) is 6.54 Å². The van der Waals surface area contributed by atoms with E-state index in [4.69, 9.17) is 4.99 Å². The van der Waals surface area contributed by atoms with E-state index in [-0.39, 0.29) is 24.0 Å². The van der Waals surface area contributed by atoms with Crippen LogP contribution in [0.25, 0.3) is 0 Å². The summed E-state index contributed by atoms with van der Waals surface area (Å²) in [6.45, 7) is 11.1. The van der Waals surface area contributed by atoms with E-state index in [1.165, 1.54) is 11.1 Å². The summed E-state index contributed by atoms with van der Waals surface area (Å²) in [7, 11) is 0. The Bertz CT molecular complexity index is 620. The summed E-state index contributed by atoms with van der Waals surface area (Å²) in [5, 5.41) is 6.77. The molecule has 1 atom stereocenters. The molecule has 1 aromatic carbocycles. The molecule has 0 fully saturated rings. The average Bonchev–Trinajstić information content (AvgIpc) is 3.07. The summed E-state index contributed by atoms with van der Waals surface area (Å²) >= 11 is 0. The van der Waals surface area contributed by atoms with E-state index in [1.54, 1.807) is 6.20 Å². The average molecular weight is 455 g/mol. The molecule has 0 spiro atoms. The molecule has 1 heterocycles. The fourth-order valence-corrected chi connectivity index (χ4v) is 2.21. The molecule has 5 nitrogen and oxygen atoms in total. The number of nitrogens with one attached hydrogen (secondary N) is 2. The van der Waals surface area contributed by atoms with Crippen LogP contribution in [0.5, 0.6) is 0 Å². The van der Waals surface area contributed by atoms with Crippen molar-refractivity contribution in [3.8, 4) is 0 Å². The Morgan fingerprint density at radius 3 is 2.40 bits per heavy atom. The van der Waals surface area contributed by atoms with E-state index in [9.17, 15) is 0 Å². The van der Waals surface area contributed by atoms with Crippen molar-refractivity contribution in [2.24, 2.45) is 10.9 Å². The van der Waals surface area contributed by atoms with Gasteiger partial charge in [-0.1, -0.05) is 38.1 Å². The van der Waals surface area contributed by atoms with Crippen molar-refractivity contribution >= 4 is 29.9 Å². The Morgan fingerprint density at radius 1 is 1.16 bits per heavy atom. The third-order valence-corrected chi connectivity index (χ3v) is 4.08. The summed E-state index contributed by atoms with van der Waals surface area (Å²) in [4.78, 5) is 8.76. The standard InChI is InChI=1S/C19H29N5.HI/c1-5-21-19(23-16(4)15(2)3)22-12-17-6-8-18(9-7-17)13-24-11-10-20-14-24;/h6-11,14-16H,5,12-13H2,1-4H3,(H2,21,22,23);1H. The maximum Gasteiger partial charge on any atom is 0.191 e. The Kier molecular flexibility index (Phi) is 9.55. The Morgan fingerprint density at radius 2 is 1.84 bits per heavy atom. The van der Waals surface area contributed by atoms with Crippen LogP contribution >= 0.6 is 24.0 Å². The maximum atomic E-state index is 4.69. The van der Waals surface area contributed by atoms with E-state index in [2.05, 4.69) is 72.1 Å².